The van der Waals surface area contributed by atoms with Gasteiger partial charge >= 0.3 is 0 Å². The summed E-state index contributed by atoms with van der Waals surface area (Å²) in [4.78, 5) is 0. The first-order valence-corrected chi connectivity index (χ1v) is 7.84. The number of benzene rings is 1. The summed E-state index contributed by atoms with van der Waals surface area (Å²) in [7, 11) is 1.62. The van der Waals surface area contributed by atoms with Crippen molar-refractivity contribution in [1.82, 2.24) is 0 Å². The van der Waals surface area contributed by atoms with Crippen molar-refractivity contribution in [3.63, 3.8) is 0 Å². The van der Waals surface area contributed by atoms with E-state index in [2.05, 4.69) is 22.9 Å². The molecule has 3 nitrogen and oxygen atoms in total. The van der Waals surface area contributed by atoms with E-state index < -0.39 is 0 Å². The molecule has 0 radical (unpaired) electrons. The molecular formula is C14H18BrClO3. The lowest BCUT2D eigenvalue weighted by Crippen LogP contribution is -2.18. The molecule has 1 aromatic rings. The Labute approximate surface area is 127 Å². The van der Waals surface area contributed by atoms with Crippen LogP contribution >= 0.6 is 27.5 Å². The van der Waals surface area contributed by atoms with Crippen LogP contribution < -0.4 is 9.47 Å². The van der Waals surface area contributed by atoms with Gasteiger partial charge in [-0.25, -0.2) is 0 Å². The van der Waals surface area contributed by atoms with Crippen molar-refractivity contribution in [2.45, 2.75) is 37.3 Å². The molecule has 0 N–H and O–H groups in total. The molecule has 0 amide bonds. The molecule has 2 rings (SSSR count). The maximum atomic E-state index is 6.24. The highest BCUT2D eigenvalue weighted by Crippen LogP contribution is 2.37. The minimum Gasteiger partial charge on any atom is -0.493 e. The van der Waals surface area contributed by atoms with Gasteiger partial charge in [0, 0.05) is 5.33 Å². The monoisotopic (exact) mass is 348 g/mol. The summed E-state index contributed by atoms with van der Waals surface area (Å²) in [5, 5.41) is 1.30. The quantitative estimate of drug-likeness (QED) is 0.746. The van der Waals surface area contributed by atoms with Crippen molar-refractivity contribution in [1.29, 1.82) is 0 Å². The lowest BCUT2D eigenvalue weighted by Gasteiger charge is -2.16. The van der Waals surface area contributed by atoms with Crippen LogP contribution in [0.15, 0.2) is 12.1 Å². The smallest absolute Gasteiger partial charge is 0.179 e. The fraction of sp³-hybridized carbons (Fsp3) is 0.571. The van der Waals surface area contributed by atoms with Crippen LogP contribution in [0.4, 0.5) is 0 Å². The van der Waals surface area contributed by atoms with Crippen LogP contribution in [0, 0.1) is 0 Å². The van der Waals surface area contributed by atoms with Gasteiger partial charge < -0.3 is 14.2 Å². The van der Waals surface area contributed by atoms with E-state index in [1.54, 1.807) is 7.11 Å². The second-order valence-corrected chi connectivity index (χ2v) is 5.67. The molecular weight excluding hydrogens is 332 g/mol. The lowest BCUT2D eigenvalue weighted by molar-refractivity contribution is 0.0259. The topological polar surface area (TPSA) is 27.7 Å². The summed E-state index contributed by atoms with van der Waals surface area (Å²) in [5.74, 6) is 1.25. The molecule has 0 aliphatic carbocycles. The van der Waals surface area contributed by atoms with E-state index >= 15 is 0 Å². The third kappa shape index (κ3) is 3.77. The largest absolute Gasteiger partial charge is 0.493 e. The molecule has 1 aromatic carbocycles. The Morgan fingerprint density at radius 3 is 2.79 bits per heavy atom. The molecule has 2 atom stereocenters. The Morgan fingerprint density at radius 1 is 1.42 bits per heavy atom. The number of alkyl halides is 1. The van der Waals surface area contributed by atoms with E-state index in [-0.39, 0.29) is 6.10 Å². The molecule has 1 heterocycles. The second kappa shape index (κ2) is 6.82. The Hall–Kier alpha value is -0.450. The predicted octanol–water partition coefficient (Wildman–Crippen LogP) is 4.19. The van der Waals surface area contributed by atoms with Crippen LogP contribution in [0.5, 0.6) is 11.5 Å². The molecule has 19 heavy (non-hydrogen) atoms. The third-order valence-electron chi connectivity index (χ3n) is 3.18. The third-order valence-corrected chi connectivity index (χ3v) is 4.11. The van der Waals surface area contributed by atoms with Gasteiger partial charge in [0.25, 0.3) is 0 Å². The number of halogens is 2. The summed E-state index contributed by atoms with van der Waals surface area (Å²) < 4.78 is 16.9. The molecule has 0 aromatic heterocycles. The zero-order valence-electron chi connectivity index (χ0n) is 11.1. The minimum absolute atomic E-state index is 0.145. The fourth-order valence-corrected chi connectivity index (χ4v) is 2.79. The second-order valence-electron chi connectivity index (χ2n) is 4.70. The van der Waals surface area contributed by atoms with Gasteiger partial charge in [-0.2, -0.15) is 0 Å². The Morgan fingerprint density at radius 2 is 2.21 bits per heavy atom. The molecule has 2 unspecified atom stereocenters. The maximum absolute atomic E-state index is 6.24. The van der Waals surface area contributed by atoms with E-state index in [4.69, 9.17) is 25.8 Å². The zero-order chi connectivity index (χ0) is 13.8. The molecule has 0 saturated carbocycles. The van der Waals surface area contributed by atoms with Crippen LogP contribution in [0.3, 0.4) is 0 Å². The molecule has 106 valence electrons. The van der Waals surface area contributed by atoms with Crippen molar-refractivity contribution in [3.8, 4) is 11.5 Å². The van der Waals surface area contributed by atoms with E-state index in [0.29, 0.717) is 29.2 Å². The number of hydrogen-bond donors (Lipinski definition) is 0. The number of ether oxygens (including phenoxy) is 3. The molecule has 0 bridgehead atoms. The van der Waals surface area contributed by atoms with Gasteiger partial charge in [-0.15, -0.1) is 0 Å². The van der Waals surface area contributed by atoms with Crippen molar-refractivity contribution < 1.29 is 14.2 Å². The normalized spacial score (nSPS) is 22.5. The SMILES string of the molecule is COc1cc(CBr)cc(Cl)c1OCC1CCC(C)O1. The number of hydrogen-bond acceptors (Lipinski definition) is 3. The van der Waals surface area contributed by atoms with Crippen LogP contribution in [-0.4, -0.2) is 25.9 Å². The maximum Gasteiger partial charge on any atom is 0.179 e. The molecule has 5 heteroatoms. The Kier molecular flexibility index (Phi) is 5.37. The highest BCUT2D eigenvalue weighted by Gasteiger charge is 2.23. The number of methoxy groups -OCH3 is 1. The van der Waals surface area contributed by atoms with E-state index in [0.717, 1.165) is 23.7 Å². The molecule has 0 spiro atoms. The first-order chi connectivity index (χ1) is 9.13. The highest BCUT2D eigenvalue weighted by atomic mass is 79.9. The van der Waals surface area contributed by atoms with Crippen LogP contribution in [0.25, 0.3) is 0 Å². The van der Waals surface area contributed by atoms with Crippen molar-refractivity contribution in [2.75, 3.05) is 13.7 Å². The standard InChI is InChI=1S/C14H18BrClO3/c1-9-3-4-11(19-9)8-18-14-12(16)5-10(7-15)6-13(14)17-2/h5-6,9,11H,3-4,7-8H2,1-2H3. The van der Waals surface area contributed by atoms with Crippen LogP contribution in [-0.2, 0) is 10.1 Å². The van der Waals surface area contributed by atoms with Crippen LogP contribution in [0.1, 0.15) is 25.3 Å². The van der Waals surface area contributed by atoms with Gasteiger partial charge in [-0.1, -0.05) is 27.5 Å². The fourth-order valence-electron chi connectivity index (χ4n) is 2.17. The average molecular weight is 350 g/mol. The van der Waals surface area contributed by atoms with E-state index in [9.17, 15) is 0 Å². The molecule has 1 aliphatic heterocycles. The van der Waals surface area contributed by atoms with Gasteiger partial charge in [-0.05, 0) is 37.5 Å². The summed E-state index contributed by atoms with van der Waals surface area (Å²) in [6.45, 7) is 2.59. The first-order valence-electron chi connectivity index (χ1n) is 6.34. The van der Waals surface area contributed by atoms with Crippen molar-refractivity contribution in [3.05, 3.63) is 22.7 Å². The Balaban J connectivity index is 2.06. The van der Waals surface area contributed by atoms with Gasteiger partial charge in [0.05, 0.1) is 24.3 Å². The Bertz CT molecular complexity index is 439. The van der Waals surface area contributed by atoms with Gasteiger partial charge in [0.2, 0.25) is 0 Å². The first kappa shape index (κ1) is 14.9. The number of rotatable bonds is 5. The lowest BCUT2D eigenvalue weighted by atomic mass is 10.2. The molecule has 1 saturated heterocycles. The minimum atomic E-state index is 0.145. The summed E-state index contributed by atoms with van der Waals surface area (Å²) in [6, 6.07) is 3.81. The summed E-state index contributed by atoms with van der Waals surface area (Å²) >= 11 is 9.64. The van der Waals surface area contributed by atoms with Gasteiger partial charge in [0.15, 0.2) is 11.5 Å². The summed E-state index contributed by atoms with van der Waals surface area (Å²) in [6.07, 6.45) is 2.58. The molecule has 1 fully saturated rings. The van der Waals surface area contributed by atoms with Crippen molar-refractivity contribution in [2.24, 2.45) is 0 Å². The van der Waals surface area contributed by atoms with Gasteiger partial charge in [0.1, 0.15) is 6.61 Å². The van der Waals surface area contributed by atoms with E-state index in [1.807, 2.05) is 12.1 Å². The van der Waals surface area contributed by atoms with E-state index in [1.165, 1.54) is 0 Å². The summed E-state index contributed by atoms with van der Waals surface area (Å²) in [5.41, 5.74) is 1.06. The predicted molar refractivity (Wildman–Crippen MR) is 79.7 cm³/mol. The van der Waals surface area contributed by atoms with Crippen LogP contribution in [0.2, 0.25) is 5.02 Å². The van der Waals surface area contributed by atoms with Gasteiger partial charge in [-0.3, -0.25) is 0 Å². The highest BCUT2D eigenvalue weighted by molar-refractivity contribution is 9.08. The average Bonchev–Trinajstić information content (AvgIpc) is 2.82. The molecule has 1 aliphatic rings. The van der Waals surface area contributed by atoms with Crippen molar-refractivity contribution >= 4 is 27.5 Å². The zero-order valence-corrected chi connectivity index (χ0v) is 13.5.